The average Bonchev–Trinajstić information content (AvgIpc) is 2.49. The Morgan fingerprint density at radius 2 is 1.68 bits per heavy atom. The van der Waals surface area contributed by atoms with Crippen LogP contribution in [0.3, 0.4) is 0 Å². The van der Waals surface area contributed by atoms with Gasteiger partial charge >= 0.3 is 0 Å². The molecule has 0 aromatic heterocycles. The van der Waals surface area contributed by atoms with Crippen LogP contribution in [0.5, 0.6) is 11.5 Å². The third-order valence-corrected chi connectivity index (χ3v) is 3.94. The fraction of sp³-hybridized carbons (Fsp3) is 0.600. The highest BCUT2D eigenvalue weighted by atomic mass is 16.7. The maximum Gasteiger partial charge on any atom is 0.229 e. The number of hydrogen-bond acceptors (Lipinski definition) is 7. The first-order valence-electron chi connectivity index (χ1n) is 7.04. The molecule has 5 N–H and O–H groups in total. The van der Waals surface area contributed by atoms with E-state index in [0.29, 0.717) is 16.9 Å². The summed E-state index contributed by atoms with van der Waals surface area (Å²) in [5, 5.41) is 48.6. The topological polar surface area (TPSA) is 120 Å². The lowest BCUT2D eigenvalue weighted by molar-refractivity contribution is -0.277. The van der Waals surface area contributed by atoms with Gasteiger partial charge in [-0.25, -0.2) is 0 Å². The largest absolute Gasteiger partial charge is 0.507 e. The van der Waals surface area contributed by atoms with E-state index in [2.05, 4.69) is 0 Å². The number of phenolic OH excluding ortho intramolecular Hbond substituents is 1. The summed E-state index contributed by atoms with van der Waals surface area (Å²) in [6, 6.07) is 1.72. The van der Waals surface area contributed by atoms with Crippen molar-refractivity contribution in [1.82, 2.24) is 0 Å². The Balaban J connectivity index is 2.28. The first-order valence-corrected chi connectivity index (χ1v) is 7.04. The molecule has 1 aromatic rings. The summed E-state index contributed by atoms with van der Waals surface area (Å²) >= 11 is 0. The Hall–Kier alpha value is -1.38. The quantitative estimate of drug-likeness (QED) is 0.510. The van der Waals surface area contributed by atoms with Crippen molar-refractivity contribution in [3.8, 4) is 11.5 Å². The molecule has 0 radical (unpaired) electrons. The minimum absolute atomic E-state index is 0.0743. The number of benzene rings is 1. The zero-order valence-corrected chi connectivity index (χ0v) is 12.7. The number of aromatic hydroxyl groups is 1. The minimum Gasteiger partial charge on any atom is -0.507 e. The number of ether oxygens (including phenoxy) is 2. The Bertz CT molecular complexity index is 543. The predicted octanol–water partition coefficient (Wildman–Crippen LogP) is -0.504. The smallest absolute Gasteiger partial charge is 0.229 e. The van der Waals surface area contributed by atoms with E-state index in [1.807, 2.05) is 0 Å². The maximum atomic E-state index is 9.99. The molecular weight excluding hydrogens is 292 g/mol. The molecule has 5 atom stereocenters. The van der Waals surface area contributed by atoms with Crippen LogP contribution < -0.4 is 4.74 Å². The molecule has 2 unspecified atom stereocenters. The number of rotatable bonds is 3. The van der Waals surface area contributed by atoms with E-state index in [1.54, 1.807) is 26.8 Å². The van der Waals surface area contributed by atoms with Crippen molar-refractivity contribution in [2.45, 2.75) is 51.5 Å². The van der Waals surface area contributed by atoms with Crippen LogP contribution in [-0.4, -0.2) is 62.8 Å². The van der Waals surface area contributed by atoms with E-state index in [-0.39, 0.29) is 5.75 Å². The second-order valence-corrected chi connectivity index (χ2v) is 5.63. The van der Waals surface area contributed by atoms with E-state index in [0.717, 1.165) is 5.56 Å². The van der Waals surface area contributed by atoms with Crippen LogP contribution in [0.25, 0.3) is 0 Å². The molecule has 7 heteroatoms. The van der Waals surface area contributed by atoms with Crippen molar-refractivity contribution in [1.29, 1.82) is 0 Å². The number of hydrogen-bond donors (Lipinski definition) is 5. The molecule has 1 aliphatic rings. The summed E-state index contributed by atoms with van der Waals surface area (Å²) in [5.41, 5.74) is 1.90. The van der Waals surface area contributed by atoms with Crippen LogP contribution in [0, 0.1) is 20.8 Å². The van der Waals surface area contributed by atoms with Gasteiger partial charge in [-0.05, 0) is 38.0 Å². The highest BCUT2D eigenvalue weighted by Gasteiger charge is 2.45. The number of aliphatic hydroxyl groups excluding tert-OH is 4. The molecular formula is C15H22O7. The summed E-state index contributed by atoms with van der Waals surface area (Å²) in [4.78, 5) is 0. The second-order valence-electron chi connectivity index (χ2n) is 5.63. The van der Waals surface area contributed by atoms with Gasteiger partial charge in [0, 0.05) is 5.56 Å². The zero-order chi connectivity index (χ0) is 16.6. The Kier molecular flexibility index (Phi) is 4.93. The Morgan fingerprint density at radius 1 is 1.05 bits per heavy atom. The highest BCUT2D eigenvalue weighted by molar-refractivity contribution is 5.52. The maximum absolute atomic E-state index is 9.99. The van der Waals surface area contributed by atoms with Crippen molar-refractivity contribution < 1.29 is 35.0 Å². The summed E-state index contributed by atoms with van der Waals surface area (Å²) in [5.74, 6) is 0.401. The summed E-state index contributed by atoms with van der Waals surface area (Å²) < 4.78 is 10.9. The third kappa shape index (κ3) is 2.90. The van der Waals surface area contributed by atoms with E-state index in [9.17, 15) is 20.4 Å². The van der Waals surface area contributed by atoms with E-state index >= 15 is 0 Å². The molecule has 22 heavy (non-hydrogen) atoms. The predicted molar refractivity (Wildman–Crippen MR) is 76.7 cm³/mol. The molecule has 1 saturated heterocycles. The van der Waals surface area contributed by atoms with Gasteiger partial charge < -0.3 is 35.0 Å². The number of aryl methyl sites for hydroxylation is 2. The molecule has 0 aliphatic carbocycles. The summed E-state index contributed by atoms with van der Waals surface area (Å²) in [7, 11) is 0. The van der Waals surface area contributed by atoms with E-state index < -0.39 is 37.3 Å². The second kappa shape index (κ2) is 6.39. The van der Waals surface area contributed by atoms with Gasteiger partial charge in [0.05, 0.1) is 6.61 Å². The fourth-order valence-electron chi connectivity index (χ4n) is 2.62. The van der Waals surface area contributed by atoms with Gasteiger partial charge in [-0.15, -0.1) is 0 Å². The first-order chi connectivity index (χ1) is 10.3. The lowest BCUT2D eigenvalue weighted by Gasteiger charge is -2.40. The highest BCUT2D eigenvalue weighted by Crippen LogP contribution is 2.35. The van der Waals surface area contributed by atoms with Crippen LogP contribution in [0.2, 0.25) is 0 Å². The van der Waals surface area contributed by atoms with Gasteiger partial charge in [0.15, 0.2) is 0 Å². The lowest BCUT2D eigenvalue weighted by Crippen LogP contribution is -2.60. The molecule has 1 aromatic carbocycles. The average molecular weight is 314 g/mol. The molecule has 0 spiro atoms. The molecule has 1 fully saturated rings. The molecule has 0 amide bonds. The number of aliphatic hydroxyl groups is 4. The third-order valence-electron chi connectivity index (χ3n) is 3.94. The van der Waals surface area contributed by atoms with E-state index in [4.69, 9.17) is 14.6 Å². The number of phenols is 1. The van der Waals surface area contributed by atoms with Gasteiger partial charge in [0.2, 0.25) is 6.29 Å². The molecule has 7 nitrogen and oxygen atoms in total. The van der Waals surface area contributed by atoms with Crippen LogP contribution in [0.4, 0.5) is 0 Å². The van der Waals surface area contributed by atoms with Crippen LogP contribution in [0.15, 0.2) is 6.07 Å². The molecule has 124 valence electrons. The zero-order valence-electron chi connectivity index (χ0n) is 12.7. The van der Waals surface area contributed by atoms with Crippen molar-refractivity contribution in [3.63, 3.8) is 0 Å². The molecule has 0 saturated carbocycles. The van der Waals surface area contributed by atoms with Crippen LogP contribution >= 0.6 is 0 Å². The monoisotopic (exact) mass is 314 g/mol. The van der Waals surface area contributed by atoms with Gasteiger partial charge in [-0.2, -0.15) is 0 Å². The Labute approximate surface area is 128 Å². The van der Waals surface area contributed by atoms with E-state index in [1.165, 1.54) is 0 Å². The lowest BCUT2D eigenvalue weighted by atomic mass is 9.99. The molecule has 1 aliphatic heterocycles. The molecule has 0 bridgehead atoms. The van der Waals surface area contributed by atoms with Crippen LogP contribution in [-0.2, 0) is 4.74 Å². The fourth-order valence-corrected chi connectivity index (χ4v) is 2.62. The first kappa shape index (κ1) is 17.0. The van der Waals surface area contributed by atoms with Gasteiger partial charge in [-0.3, -0.25) is 0 Å². The van der Waals surface area contributed by atoms with Crippen LogP contribution in [0.1, 0.15) is 16.7 Å². The van der Waals surface area contributed by atoms with Gasteiger partial charge in [-0.1, -0.05) is 0 Å². The molecule has 2 rings (SSSR count). The standard InChI is InChI=1S/C15H22O7/c1-6-4-7(2)14(8(3)10(6)17)22-15-13(20)12(19)11(18)9(5-16)21-15/h4,9,11-13,15-20H,5H2,1-3H3/t9?,11-,12+,13?,15+/m1/s1. The van der Waals surface area contributed by atoms with Crippen molar-refractivity contribution in [2.24, 2.45) is 0 Å². The summed E-state index contributed by atoms with van der Waals surface area (Å²) in [6.07, 6.45) is -6.73. The van der Waals surface area contributed by atoms with Gasteiger partial charge in [0.1, 0.15) is 35.9 Å². The Morgan fingerprint density at radius 3 is 2.27 bits per heavy atom. The van der Waals surface area contributed by atoms with Crippen molar-refractivity contribution >= 4 is 0 Å². The molecule has 1 heterocycles. The minimum atomic E-state index is -1.50. The van der Waals surface area contributed by atoms with Gasteiger partial charge in [0.25, 0.3) is 0 Å². The normalized spacial score (nSPS) is 32.0. The summed E-state index contributed by atoms with van der Waals surface area (Å²) in [6.45, 7) is 4.67. The SMILES string of the molecule is Cc1cc(C)c(O[C@@H]2OC(CO)[C@@H](O)[C@H](O)C2O)c(C)c1O. The van der Waals surface area contributed by atoms with Crippen molar-refractivity contribution in [3.05, 3.63) is 22.8 Å². The van der Waals surface area contributed by atoms with Crippen molar-refractivity contribution in [2.75, 3.05) is 6.61 Å².